The quantitative estimate of drug-likeness (QED) is 0.0203. The molecule has 0 aliphatic rings. The van der Waals surface area contributed by atoms with E-state index in [1.54, 1.807) is 0 Å². The highest BCUT2D eigenvalue weighted by Gasteiger charge is 2.28. The van der Waals surface area contributed by atoms with Gasteiger partial charge in [0, 0.05) is 12.8 Å². The number of nitrogens with one attached hydrogen (secondary N) is 1. The lowest BCUT2D eigenvalue weighted by molar-refractivity contribution is -0.147. The summed E-state index contributed by atoms with van der Waals surface area (Å²) < 4.78 is 26.8. The van der Waals surface area contributed by atoms with Gasteiger partial charge >= 0.3 is 19.8 Å². The van der Waals surface area contributed by atoms with Crippen molar-refractivity contribution in [1.82, 2.24) is 5.32 Å². The number of phosphoric acid groups is 1. The number of ether oxygens (including phenoxy) is 1. The van der Waals surface area contributed by atoms with Crippen LogP contribution in [0.25, 0.3) is 0 Å². The number of carbonyl (C=O) groups excluding carboxylic acids is 2. The van der Waals surface area contributed by atoms with Crippen molar-refractivity contribution in [2.24, 2.45) is 0 Å². The molecule has 0 bridgehead atoms. The first-order valence-corrected chi connectivity index (χ1v) is 22.8. The number of allylic oxidation sites excluding steroid dienone is 10. The summed E-state index contributed by atoms with van der Waals surface area (Å²) >= 11 is 0. The highest BCUT2D eigenvalue weighted by atomic mass is 31.2. The highest BCUT2D eigenvalue weighted by molar-refractivity contribution is 7.47. The van der Waals surface area contributed by atoms with Crippen molar-refractivity contribution in [3.05, 3.63) is 60.8 Å². The molecule has 1 amide bonds. The van der Waals surface area contributed by atoms with Gasteiger partial charge in [-0.25, -0.2) is 9.36 Å². The van der Waals surface area contributed by atoms with E-state index in [9.17, 15) is 34.1 Å². The maximum absolute atomic E-state index is 12.3. The van der Waals surface area contributed by atoms with Crippen molar-refractivity contribution in [3.8, 4) is 0 Å². The summed E-state index contributed by atoms with van der Waals surface area (Å²) in [7, 11) is -4.77. The molecule has 3 unspecified atom stereocenters. The predicted octanol–water partition coefficient (Wildman–Crippen LogP) is 10.8. The van der Waals surface area contributed by atoms with Crippen LogP contribution in [0, 0.1) is 0 Å². The normalized spacial score (nSPS) is 14.4. The summed E-state index contributed by atoms with van der Waals surface area (Å²) in [5.74, 6) is -2.43. The lowest BCUT2D eigenvalue weighted by Gasteiger charge is -2.18. The van der Waals surface area contributed by atoms with E-state index >= 15 is 0 Å². The van der Waals surface area contributed by atoms with Gasteiger partial charge in [-0.1, -0.05) is 132 Å². The number of carbonyl (C=O) groups is 3. The third-order valence-electron chi connectivity index (χ3n) is 8.78. The number of hydrogen-bond donors (Lipinski definition) is 4. The van der Waals surface area contributed by atoms with Crippen LogP contribution in [0.3, 0.4) is 0 Å². The van der Waals surface area contributed by atoms with Crippen LogP contribution < -0.4 is 5.32 Å². The van der Waals surface area contributed by atoms with Gasteiger partial charge in [0.15, 0.2) is 6.04 Å². The Balaban J connectivity index is 3.98. The van der Waals surface area contributed by atoms with Crippen molar-refractivity contribution in [2.75, 3.05) is 19.8 Å². The zero-order valence-corrected chi connectivity index (χ0v) is 35.6. The van der Waals surface area contributed by atoms with Crippen molar-refractivity contribution in [1.29, 1.82) is 0 Å². The molecule has 0 spiro atoms. The Kier molecular flexibility index (Phi) is 37.1. The second-order valence-corrected chi connectivity index (χ2v) is 15.6. The molecule has 4 N–H and O–H groups in total. The molecule has 12 heteroatoms. The summed E-state index contributed by atoms with van der Waals surface area (Å²) in [6.45, 7) is 2.49. The van der Waals surface area contributed by atoms with Crippen LogP contribution in [0.2, 0.25) is 0 Å². The smallest absolute Gasteiger partial charge is 0.472 e. The molecule has 56 heavy (non-hydrogen) atoms. The van der Waals surface area contributed by atoms with Crippen LogP contribution in [-0.4, -0.2) is 64.9 Å². The number of esters is 1. The number of carboxylic acid groups (broad SMARTS) is 1. The first-order chi connectivity index (χ1) is 27.1. The average Bonchev–Trinajstić information content (AvgIpc) is 3.17. The van der Waals surface area contributed by atoms with Crippen molar-refractivity contribution in [3.63, 3.8) is 0 Å². The minimum atomic E-state index is -4.77. The van der Waals surface area contributed by atoms with Crippen LogP contribution >= 0.6 is 7.82 Å². The Hall–Kier alpha value is -2.82. The first kappa shape index (κ1) is 53.2. The van der Waals surface area contributed by atoms with E-state index in [2.05, 4.69) is 79.9 Å². The van der Waals surface area contributed by atoms with E-state index in [0.29, 0.717) is 12.8 Å². The Labute approximate surface area is 338 Å². The lowest BCUT2D eigenvalue weighted by Crippen LogP contribution is -2.43. The number of phosphoric ester groups is 1. The van der Waals surface area contributed by atoms with Gasteiger partial charge in [0.05, 0.1) is 13.2 Å². The molecule has 0 fully saturated rings. The van der Waals surface area contributed by atoms with Crippen LogP contribution in [0.4, 0.5) is 0 Å². The topological polar surface area (TPSA) is 169 Å². The van der Waals surface area contributed by atoms with E-state index in [4.69, 9.17) is 13.8 Å². The maximum atomic E-state index is 12.3. The van der Waals surface area contributed by atoms with E-state index in [1.165, 1.54) is 51.4 Å². The fraction of sp³-hybridized carbons (Fsp3) is 0.705. The molecule has 0 rings (SSSR count). The van der Waals surface area contributed by atoms with E-state index in [-0.39, 0.29) is 12.8 Å². The molecule has 11 nitrogen and oxygen atoms in total. The number of aliphatic carboxylic acids is 1. The zero-order valence-electron chi connectivity index (χ0n) is 34.7. The van der Waals surface area contributed by atoms with E-state index in [1.807, 2.05) is 0 Å². The molecule has 0 aromatic rings. The van der Waals surface area contributed by atoms with Gasteiger partial charge in [-0.3, -0.25) is 18.6 Å². The van der Waals surface area contributed by atoms with Gasteiger partial charge in [0.1, 0.15) is 12.7 Å². The minimum absolute atomic E-state index is 0.131. The molecule has 0 aromatic carbocycles. The lowest BCUT2D eigenvalue weighted by atomic mass is 10.1. The second kappa shape index (κ2) is 39.0. The Morgan fingerprint density at radius 1 is 0.571 bits per heavy atom. The molecule has 0 saturated heterocycles. The molecule has 0 aliphatic heterocycles. The molecule has 0 aromatic heterocycles. The number of rotatable bonds is 39. The number of amides is 1. The predicted molar refractivity (Wildman–Crippen MR) is 226 cm³/mol. The molecular weight excluding hydrogens is 733 g/mol. The average molecular weight is 810 g/mol. The standard InChI is InChI=1S/C44H76NO10P/c1-3-5-7-9-11-13-15-17-18-19-20-21-22-24-26-28-30-32-34-36-43(48)53-37-40(46)38-54-56(51,52)55-39-41(44(49)50)45-42(47)35-33-31-29-27-25-23-16-14-12-10-8-6-4-2/h11,13-14,16-18,20-21,24,26,40-41,46H,3-10,12,15,19,22-23,25,27-39H2,1-2H3,(H,45,47)(H,49,50)(H,51,52)/b13-11-,16-14-,18-17-,21-20-,26-24-. The summed E-state index contributed by atoms with van der Waals surface area (Å²) in [5, 5.41) is 21.8. The van der Waals surface area contributed by atoms with E-state index < -0.39 is 57.6 Å². The minimum Gasteiger partial charge on any atom is -0.480 e. The van der Waals surface area contributed by atoms with Gasteiger partial charge in [0.25, 0.3) is 0 Å². The highest BCUT2D eigenvalue weighted by Crippen LogP contribution is 2.43. The van der Waals surface area contributed by atoms with Gasteiger partial charge in [0.2, 0.25) is 5.91 Å². The second-order valence-electron chi connectivity index (χ2n) is 14.2. The van der Waals surface area contributed by atoms with Crippen LogP contribution in [0.1, 0.15) is 168 Å². The largest absolute Gasteiger partial charge is 0.480 e. The van der Waals surface area contributed by atoms with Crippen molar-refractivity contribution < 1.29 is 47.8 Å². The van der Waals surface area contributed by atoms with Crippen LogP contribution in [-0.2, 0) is 32.7 Å². The fourth-order valence-corrected chi connectivity index (χ4v) is 6.18. The van der Waals surface area contributed by atoms with Gasteiger partial charge in [-0.2, -0.15) is 0 Å². The van der Waals surface area contributed by atoms with Gasteiger partial charge < -0.3 is 25.2 Å². The number of carboxylic acids is 1. The van der Waals surface area contributed by atoms with Crippen molar-refractivity contribution in [2.45, 2.75) is 180 Å². The third-order valence-corrected chi connectivity index (χ3v) is 9.73. The zero-order chi connectivity index (χ0) is 41.4. The molecule has 3 atom stereocenters. The van der Waals surface area contributed by atoms with Gasteiger partial charge in [-0.15, -0.1) is 0 Å². The number of unbranched alkanes of at least 4 members (excludes halogenated alkanes) is 15. The van der Waals surface area contributed by atoms with E-state index in [0.717, 1.165) is 77.0 Å². The van der Waals surface area contributed by atoms with Crippen molar-refractivity contribution >= 4 is 25.7 Å². The number of aliphatic hydroxyl groups excluding tert-OH is 1. The molecule has 0 radical (unpaired) electrons. The maximum Gasteiger partial charge on any atom is 0.472 e. The number of hydrogen-bond acceptors (Lipinski definition) is 8. The summed E-state index contributed by atoms with van der Waals surface area (Å²) in [4.78, 5) is 45.8. The Bertz CT molecular complexity index is 1180. The molecule has 0 saturated carbocycles. The number of aliphatic hydroxyl groups is 1. The Morgan fingerprint density at radius 2 is 0.982 bits per heavy atom. The van der Waals surface area contributed by atoms with Gasteiger partial charge in [-0.05, 0) is 83.5 Å². The fourth-order valence-electron chi connectivity index (χ4n) is 5.41. The first-order valence-electron chi connectivity index (χ1n) is 21.3. The molecule has 0 aliphatic carbocycles. The third kappa shape index (κ3) is 38.1. The molecule has 322 valence electrons. The summed E-state index contributed by atoms with van der Waals surface area (Å²) in [6, 6.07) is -1.56. The molecular formula is C44H76NO10P. The summed E-state index contributed by atoms with van der Waals surface area (Å²) in [5.41, 5.74) is 0. The van der Waals surface area contributed by atoms with Crippen LogP contribution in [0.5, 0.6) is 0 Å². The summed E-state index contributed by atoms with van der Waals surface area (Å²) in [6.07, 6.45) is 43.9. The Morgan fingerprint density at radius 3 is 1.54 bits per heavy atom. The SMILES string of the molecule is CCCCC/C=C\C/C=C\C/C=C\C/C=C\CCCCCC(=O)OCC(O)COP(=O)(O)OCC(NC(=O)CCCCCCC/C=C\CCCCCC)C(=O)O. The monoisotopic (exact) mass is 810 g/mol. The molecule has 0 heterocycles. The van der Waals surface area contributed by atoms with Crippen LogP contribution in [0.15, 0.2) is 60.8 Å².